The van der Waals surface area contributed by atoms with Gasteiger partial charge in [-0.25, -0.2) is 4.39 Å². The molecule has 10 heteroatoms. The number of carbonyl (C=O) groups excluding carboxylic acids is 2. The first kappa shape index (κ1) is 22.6. The van der Waals surface area contributed by atoms with Gasteiger partial charge in [-0.3, -0.25) is 9.59 Å². The first-order chi connectivity index (χ1) is 14.6. The summed E-state index contributed by atoms with van der Waals surface area (Å²) in [6.07, 6.45) is -4.86. The van der Waals surface area contributed by atoms with Crippen molar-refractivity contribution in [3.8, 4) is 0 Å². The van der Waals surface area contributed by atoms with E-state index in [1.807, 2.05) is 0 Å². The van der Waals surface area contributed by atoms with Crippen LogP contribution in [0.5, 0.6) is 0 Å². The summed E-state index contributed by atoms with van der Waals surface area (Å²) in [5.41, 5.74) is -2.45. The first-order valence-corrected chi connectivity index (χ1v) is 9.35. The predicted octanol–water partition coefficient (Wildman–Crippen LogP) is 6.66. The SMILES string of the molecule is O=C(Nc1ccc(NC(=O)c2cc(Cl)ccc2Cl)c(C(F)(F)F)c1)c1ccccc1F. The molecule has 0 aliphatic heterocycles. The van der Waals surface area contributed by atoms with Crippen molar-refractivity contribution in [3.05, 3.63) is 93.2 Å². The zero-order chi connectivity index (χ0) is 22.8. The smallest absolute Gasteiger partial charge is 0.322 e. The normalized spacial score (nSPS) is 11.2. The molecule has 0 aliphatic rings. The lowest BCUT2D eigenvalue weighted by atomic mass is 10.1. The van der Waals surface area contributed by atoms with Gasteiger partial charge in [0.15, 0.2) is 0 Å². The molecule has 0 heterocycles. The number of amides is 2. The van der Waals surface area contributed by atoms with Crippen LogP contribution < -0.4 is 10.6 Å². The summed E-state index contributed by atoms with van der Waals surface area (Å²) in [5, 5.41) is 4.54. The van der Waals surface area contributed by atoms with E-state index in [0.29, 0.717) is 6.07 Å². The van der Waals surface area contributed by atoms with Crippen LogP contribution in [-0.4, -0.2) is 11.8 Å². The Morgan fingerprint density at radius 3 is 2.16 bits per heavy atom. The third kappa shape index (κ3) is 5.34. The van der Waals surface area contributed by atoms with E-state index in [4.69, 9.17) is 23.2 Å². The van der Waals surface area contributed by atoms with Crippen LogP contribution in [-0.2, 0) is 6.18 Å². The van der Waals surface area contributed by atoms with Crippen molar-refractivity contribution in [2.24, 2.45) is 0 Å². The average Bonchev–Trinajstić information content (AvgIpc) is 2.70. The summed E-state index contributed by atoms with van der Waals surface area (Å²) in [6, 6.07) is 11.8. The lowest BCUT2D eigenvalue weighted by Gasteiger charge is -2.16. The predicted molar refractivity (Wildman–Crippen MR) is 110 cm³/mol. The number of hydrogen-bond acceptors (Lipinski definition) is 2. The number of benzene rings is 3. The molecular formula is C21H12Cl2F4N2O2. The molecule has 4 nitrogen and oxygen atoms in total. The molecule has 0 fully saturated rings. The molecular weight excluding hydrogens is 459 g/mol. The van der Waals surface area contributed by atoms with Gasteiger partial charge >= 0.3 is 6.18 Å². The van der Waals surface area contributed by atoms with Crippen LogP contribution in [0.2, 0.25) is 10.0 Å². The van der Waals surface area contributed by atoms with Crippen molar-refractivity contribution in [3.63, 3.8) is 0 Å². The van der Waals surface area contributed by atoms with Crippen LogP contribution in [0.25, 0.3) is 0 Å². The molecule has 0 unspecified atom stereocenters. The molecule has 3 aromatic rings. The Bertz CT molecular complexity index is 1170. The Morgan fingerprint density at radius 2 is 1.48 bits per heavy atom. The number of hydrogen-bond donors (Lipinski definition) is 2. The van der Waals surface area contributed by atoms with Gasteiger partial charge < -0.3 is 10.6 Å². The molecule has 3 aromatic carbocycles. The van der Waals surface area contributed by atoms with E-state index in [1.54, 1.807) is 0 Å². The number of nitrogens with one attached hydrogen (secondary N) is 2. The van der Waals surface area contributed by atoms with E-state index in [2.05, 4.69) is 10.6 Å². The second-order valence-corrected chi connectivity index (χ2v) is 7.11. The summed E-state index contributed by atoms with van der Waals surface area (Å²) >= 11 is 11.7. The van der Waals surface area contributed by atoms with Crippen LogP contribution in [0.4, 0.5) is 28.9 Å². The van der Waals surface area contributed by atoms with Crippen LogP contribution in [0.15, 0.2) is 60.7 Å². The highest BCUT2D eigenvalue weighted by atomic mass is 35.5. The number of alkyl halides is 3. The molecule has 31 heavy (non-hydrogen) atoms. The molecule has 0 atom stereocenters. The third-order valence-corrected chi connectivity index (χ3v) is 4.69. The van der Waals surface area contributed by atoms with Crippen molar-refractivity contribution in [2.45, 2.75) is 6.18 Å². The Hall–Kier alpha value is -3.10. The van der Waals surface area contributed by atoms with Crippen LogP contribution in [0.3, 0.4) is 0 Å². The van der Waals surface area contributed by atoms with Gasteiger partial charge in [0.2, 0.25) is 0 Å². The van der Waals surface area contributed by atoms with Crippen molar-refractivity contribution < 1.29 is 27.2 Å². The number of carbonyl (C=O) groups is 2. The quantitative estimate of drug-likeness (QED) is 0.419. The molecule has 0 saturated heterocycles. The summed E-state index contributed by atoms with van der Waals surface area (Å²) in [6.45, 7) is 0. The lowest BCUT2D eigenvalue weighted by molar-refractivity contribution is -0.136. The first-order valence-electron chi connectivity index (χ1n) is 8.60. The number of anilines is 2. The fourth-order valence-electron chi connectivity index (χ4n) is 2.67. The fourth-order valence-corrected chi connectivity index (χ4v) is 3.05. The molecule has 0 aliphatic carbocycles. The highest BCUT2D eigenvalue weighted by Crippen LogP contribution is 2.37. The van der Waals surface area contributed by atoms with E-state index in [9.17, 15) is 27.2 Å². The van der Waals surface area contributed by atoms with Gasteiger partial charge in [-0.15, -0.1) is 0 Å². The maximum absolute atomic E-state index is 13.7. The maximum Gasteiger partial charge on any atom is 0.418 e. The summed E-state index contributed by atoms with van der Waals surface area (Å²) in [5.74, 6) is -2.65. The zero-order valence-corrected chi connectivity index (χ0v) is 16.9. The third-order valence-electron chi connectivity index (χ3n) is 4.12. The minimum absolute atomic E-state index is 0.00392. The molecule has 0 bridgehead atoms. The molecule has 2 N–H and O–H groups in total. The second kappa shape index (κ2) is 8.95. The summed E-state index contributed by atoms with van der Waals surface area (Å²) in [7, 11) is 0. The highest BCUT2D eigenvalue weighted by Gasteiger charge is 2.34. The number of halogens is 6. The van der Waals surface area contributed by atoms with E-state index in [1.165, 1.54) is 36.4 Å². The molecule has 0 radical (unpaired) electrons. The highest BCUT2D eigenvalue weighted by molar-refractivity contribution is 6.36. The topological polar surface area (TPSA) is 58.2 Å². The number of rotatable bonds is 4. The van der Waals surface area contributed by atoms with Gasteiger partial charge in [-0.1, -0.05) is 35.3 Å². The largest absolute Gasteiger partial charge is 0.418 e. The minimum Gasteiger partial charge on any atom is -0.322 e. The monoisotopic (exact) mass is 470 g/mol. The standard InChI is InChI=1S/C21H12Cl2F4N2O2/c22-11-5-7-16(23)14(9-11)20(31)29-18-8-6-12(10-15(18)21(25,26)27)28-19(30)13-3-1-2-4-17(13)24/h1-10H,(H,28,30)(H,29,31). The molecule has 2 amide bonds. The fraction of sp³-hybridized carbons (Fsp3) is 0.0476. The van der Waals surface area contributed by atoms with Gasteiger partial charge in [0.25, 0.3) is 11.8 Å². The minimum atomic E-state index is -4.86. The molecule has 3 rings (SSSR count). The van der Waals surface area contributed by atoms with Gasteiger partial charge in [-0.2, -0.15) is 13.2 Å². The van der Waals surface area contributed by atoms with Crippen molar-refractivity contribution in [1.82, 2.24) is 0 Å². The van der Waals surface area contributed by atoms with Crippen molar-refractivity contribution >= 4 is 46.4 Å². The zero-order valence-electron chi connectivity index (χ0n) is 15.4. The average molecular weight is 471 g/mol. The van der Waals surface area contributed by atoms with Crippen LogP contribution in [0.1, 0.15) is 26.3 Å². The Morgan fingerprint density at radius 1 is 0.806 bits per heavy atom. The summed E-state index contributed by atoms with van der Waals surface area (Å²) in [4.78, 5) is 24.6. The lowest BCUT2D eigenvalue weighted by Crippen LogP contribution is -2.18. The van der Waals surface area contributed by atoms with Crippen molar-refractivity contribution in [2.75, 3.05) is 10.6 Å². The van der Waals surface area contributed by atoms with Crippen molar-refractivity contribution in [1.29, 1.82) is 0 Å². The molecule has 0 spiro atoms. The van der Waals surface area contributed by atoms with E-state index < -0.39 is 35.1 Å². The maximum atomic E-state index is 13.7. The Labute approximate surface area is 183 Å². The van der Waals surface area contributed by atoms with E-state index in [-0.39, 0.29) is 26.9 Å². The summed E-state index contributed by atoms with van der Waals surface area (Å²) < 4.78 is 54.5. The van der Waals surface area contributed by atoms with Gasteiger partial charge in [0.1, 0.15) is 5.82 Å². The molecule has 0 saturated carbocycles. The Balaban J connectivity index is 1.90. The van der Waals surface area contributed by atoms with Crippen LogP contribution >= 0.6 is 23.2 Å². The van der Waals surface area contributed by atoms with Crippen LogP contribution in [0, 0.1) is 5.82 Å². The van der Waals surface area contributed by atoms with Gasteiger partial charge in [-0.05, 0) is 48.5 Å². The van der Waals surface area contributed by atoms with Gasteiger partial charge in [0, 0.05) is 10.7 Å². The van der Waals surface area contributed by atoms with E-state index in [0.717, 1.165) is 18.2 Å². The van der Waals surface area contributed by atoms with E-state index >= 15 is 0 Å². The Kier molecular flexibility index (Phi) is 6.52. The molecule has 160 valence electrons. The second-order valence-electron chi connectivity index (χ2n) is 6.27. The molecule has 0 aromatic heterocycles. The van der Waals surface area contributed by atoms with Gasteiger partial charge in [0.05, 0.1) is 27.4 Å².